The number of halogens is 3. The van der Waals surface area contributed by atoms with E-state index in [0.717, 1.165) is 31.5 Å². The molecule has 0 spiro atoms. The van der Waals surface area contributed by atoms with Gasteiger partial charge in [0.1, 0.15) is 5.75 Å². The van der Waals surface area contributed by atoms with Crippen LogP contribution >= 0.6 is 0 Å². The van der Waals surface area contributed by atoms with E-state index < -0.39 is 6.36 Å². The van der Waals surface area contributed by atoms with E-state index in [0.29, 0.717) is 12.5 Å². The van der Waals surface area contributed by atoms with Crippen LogP contribution in [-0.4, -0.2) is 26.1 Å². The molecule has 0 aromatic heterocycles. The smallest absolute Gasteiger partial charge is 0.406 e. The number of benzene rings is 1. The Bertz CT molecular complexity index is 434. The van der Waals surface area contributed by atoms with Gasteiger partial charge >= 0.3 is 6.36 Å². The lowest BCUT2D eigenvalue weighted by Gasteiger charge is -2.19. The minimum absolute atomic E-state index is 0.0608. The van der Waals surface area contributed by atoms with Gasteiger partial charge in [-0.15, -0.1) is 13.2 Å². The van der Waals surface area contributed by atoms with Gasteiger partial charge in [-0.05, 0) is 37.1 Å². The van der Waals surface area contributed by atoms with Crippen LogP contribution in [0.15, 0.2) is 24.3 Å². The van der Waals surface area contributed by atoms with Crippen LogP contribution < -0.4 is 10.1 Å². The van der Waals surface area contributed by atoms with Crippen molar-refractivity contribution in [2.75, 3.05) is 19.7 Å². The van der Waals surface area contributed by atoms with Crippen LogP contribution in [0.4, 0.5) is 13.2 Å². The minimum atomic E-state index is -4.65. The molecule has 6 heteroatoms. The first-order valence-corrected chi connectivity index (χ1v) is 7.17. The number of hydrogen-bond acceptors (Lipinski definition) is 3. The molecule has 0 bridgehead atoms. The Hall–Kier alpha value is -1.27. The van der Waals surface area contributed by atoms with Crippen LogP contribution in [-0.2, 0) is 4.74 Å². The first-order chi connectivity index (χ1) is 9.99. The molecule has 1 aromatic carbocycles. The van der Waals surface area contributed by atoms with E-state index in [2.05, 4.69) is 17.0 Å². The number of hydrogen-bond donors (Lipinski definition) is 1. The summed E-state index contributed by atoms with van der Waals surface area (Å²) in [5.74, 6) is 0.149. The molecule has 2 unspecified atom stereocenters. The second kappa shape index (κ2) is 7.13. The molecular weight excluding hydrogens is 283 g/mol. The summed E-state index contributed by atoms with van der Waals surface area (Å²) in [6.45, 7) is 4.61. The third-order valence-electron chi connectivity index (χ3n) is 3.49. The van der Waals surface area contributed by atoms with E-state index in [1.54, 1.807) is 12.1 Å². The van der Waals surface area contributed by atoms with Crippen LogP contribution in [0.3, 0.4) is 0 Å². The first kappa shape index (κ1) is 16.1. The second-order valence-electron chi connectivity index (χ2n) is 5.16. The van der Waals surface area contributed by atoms with Crippen LogP contribution in [0.2, 0.25) is 0 Å². The maximum Gasteiger partial charge on any atom is 0.573 e. The topological polar surface area (TPSA) is 30.5 Å². The number of nitrogens with one attached hydrogen (secondary N) is 1. The maximum absolute atomic E-state index is 12.1. The Morgan fingerprint density at radius 2 is 2.00 bits per heavy atom. The number of rotatable bonds is 6. The molecule has 0 saturated carbocycles. The fourth-order valence-corrected chi connectivity index (χ4v) is 2.53. The largest absolute Gasteiger partial charge is 0.573 e. The lowest BCUT2D eigenvalue weighted by atomic mass is 9.95. The second-order valence-corrected chi connectivity index (χ2v) is 5.16. The highest BCUT2D eigenvalue weighted by atomic mass is 19.4. The van der Waals surface area contributed by atoms with Gasteiger partial charge in [-0.1, -0.05) is 19.1 Å². The normalized spacial score (nSPS) is 22.5. The monoisotopic (exact) mass is 303 g/mol. The summed E-state index contributed by atoms with van der Waals surface area (Å²) in [5, 5.41) is 3.37. The summed E-state index contributed by atoms with van der Waals surface area (Å²) < 4.78 is 46.0. The summed E-state index contributed by atoms with van der Waals surface area (Å²) >= 11 is 0. The Kier molecular flexibility index (Phi) is 5.47. The van der Waals surface area contributed by atoms with Crippen LogP contribution in [0.1, 0.15) is 31.4 Å². The zero-order chi connectivity index (χ0) is 15.3. The van der Waals surface area contributed by atoms with E-state index in [4.69, 9.17) is 4.74 Å². The van der Waals surface area contributed by atoms with Crippen LogP contribution in [0, 0.1) is 5.92 Å². The maximum atomic E-state index is 12.1. The molecule has 3 nitrogen and oxygen atoms in total. The molecule has 118 valence electrons. The molecule has 0 amide bonds. The zero-order valence-electron chi connectivity index (χ0n) is 12.0. The fraction of sp³-hybridized carbons (Fsp3) is 0.600. The van der Waals surface area contributed by atoms with Crippen molar-refractivity contribution in [3.63, 3.8) is 0 Å². The molecule has 1 aromatic rings. The molecule has 0 radical (unpaired) electrons. The van der Waals surface area contributed by atoms with Crippen molar-refractivity contribution in [1.29, 1.82) is 0 Å². The van der Waals surface area contributed by atoms with Gasteiger partial charge in [-0.2, -0.15) is 0 Å². The minimum Gasteiger partial charge on any atom is -0.406 e. The van der Waals surface area contributed by atoms with Crippen molar-refractivity contribution in [2.24, 2.45) is 5.92 Å². The van der Waals surface area contributed by atoms with Crippen molar-refractivity contribution in [3.8, 4) is 5.75 Å². The van der Waals surface area contributed by atoms with Crippen LogP contribution in [0.25, 0.3) is 0 Å². The average molecular weight is 303 g/mol. The lowest BCUT2D eigenvalue weighted by Crippen LogP contribution is -2.25. The Morgan fingerprint density at radius 3 is 2.62 bits per heavy atom. The van der Waals surface area contributed by atoms with Gasteiger partial charge in [0.2, 0.25) is 0 Å². The summed E-state index contributed by atoms with van der Waals surface area (Å²) in [7, 11) is 0. The Labute approximate surface area is 122 Å². The SMILES string of the molecule is CCCNCC1CCOC1c1ccc(OC(F)(F)F)cc1. The van der Waals surface area contributed by atoms with Crippen molar-refractivity contribution >= 4 is 0 Å². The van der Waals surface area contributed by atoms with E-state index in [1.807, 2.05) is 0 Å². The van der Waals surface area contributed by atoms with Gasteiger partial charge in [0.15, 0.2) is 0 Å². The van der Waals surface area contributed by atoms with Gasteiger partial charge in [0, 0.05) is 19.1 Å². The van der Waals surface area contributed by atoms with Crippen LogP contribution in [0.5, 0.6) is 5.75 Å². The molecule has 0 aliphatic carbocycles. The molecule has 21 heavy (non-hydrogen) atoms. The van der Waals surface area contributed by atoms with Crippen molar-refractivity contribution < 1.29 is 22.6 Å². The standard InChI is InChI=1S/C15H20F3NO2/c1-2-8-19-10-12-7-9-20-14(12)11-3-5-13(6-4-11)21-15(16,17)18/h3-6,12,14,19H,2,7-10H2,1H3. The summed E-state index contributed by atoms with van der Waals surface area (Å²) in [6, 6.07) is 5.95. The highest BCUT2D eigenvalue weighted by Gasteiger charge is 2.32. The predicted molar refractivity (Wildman–Crippen MR) is 73.1 cm³/mol. The fourth-order valence-electron chi connectivity index (χ4n) is 2.53. The highest BCUT2D eigenvalue weighted by Crippen LogP contribution is 2.35. The summed E-state index contributed by atoms with van der Waals surface area (Å²) in [4.78, 5) is 0. The molecule has 1 heterocycles. The van der Waals surface area contributed by atoms with Gasteiger partial charge < -0.3 is 14.8 Å². The molecule has 2 rings (SSSR count). The summed E-state index contributed by atoms with van der Waals surface area (Å²) in [6.07, 6.45) is -2.68. The van der Waals surface area contributed by atoms with E-state index >= 15 is 0 Å². The number of alkyl halides is 3. The Morgan fingerprint density at radius 1 is 1.29 bits per heavy atom. The van der Waals surface area contributed by atoms with Gasteiger partial charge in [-0.25, -0.2) is 0 Å². The molecule has 1 saturated heterocycles. The molecule has 2 atom stereocenters. The summed E-state index contributed by atoms with van der Waals surface area (Å²) in [5.41, 5.74) is 0.894. The third kappa shape index (κ3) is 4.89. The molecule has 1 N–H and O–H groups in total. The van der Waals surface area contributed by atoms with Crippen molar-refractivity contribution in [2.45, 2.75) is 32.2 Å². The highest BCUT2D eigenvalue weighted by molar-refractivity contribution is 5.29. The first-order valence-electron chi connectivity index (χ1n) is 7.17. The third-order valence-corrected chi connectivity index (χ3v) is 3.49. The van der Waals surface area contributed by atoms with E-state index in [-0.39, 0.29) is 11.9 Å². The van der Waals surface area contributed by atoms with Crippen molar-refractivity contribution in [1.82, 2.24) is 5.32 Å². The predicted octanol–water partition coefficient (Wildman–Crippen LogP) is 3.66. The van der Waals surface area contributed by atoms with Gasteiger partial charge in [-0.3, -0.25) is 0 Å². The molecular formula is C15H20F3NO2. The van der Waals surface area contributed by atoms with E-state index in [1.165, 1.54) is 12.1 Å². The molecule has 1 aliphatic heterocycles. The molecule has 1 fully saturated rings. The zero-order valence-corrected chi connectivity index (χ0v) is 12.0. The average Bonchev–Trinajstić information content (AvgIpc) is 2.86. The van der Waals surface area contributed by atoms with Gasteiger partial charge in [0.25, 0.3) is 0 Å². The van der Waals surface area contributed by atoms with E-state index in [9.17, 15) is 13.2 Å². The molecule has 1 aliphatic rings. The lowest BCUT2D eigenvalue weighted by molar-refractivity contribution is -0.274. The van der Waals surface area contributed by atoms with Crippen molar-refractivity contribution in [3.05, 3.63) is 29.8 Å². The quantitative estimate of drug-likeness (QED) is 0.814. The Balaban J connectivity index is 1.97. The number of ether oxygens (including phenoxy) is 2. The van der Waals surface area contributed by atoms with Gasteiger partial charge in [0.05, 0.1) is 6.10 Å².